The van der Waals surface area contributed by atoms with Crippen LogP contribution >= 0.6 is 11.5 Å². The number of aryl methyl sites for hydroxylation is 1. The van der Waals surface area contributed by atoms with Crippen molar-refractivity contribution in [1.29, 1.82) is 0 Å². The van der Waals surface area contributed by atoms with Crippen LogP contribution in [0.5, 0.6) is 11.5 Å². The van der Waals surface area contributed by atoms with E-state index in [1.54, 1.807) is 38.3 Å². The van der Waals surface area contributed by atoms with Gasteiger partial charge in [-0.25, -0.2) is 0 Å². The van der Waals surface area contributed by atoms with Crippen LogP contribution in [0.4, 0.5) is 0 Å². The van der Waals surface area contributed by atoms with E-state index in [4.69, 9.17) is 9.47 Å². The lowest BCUT2D eigenvalue weighted by atomic mass is 9.96. The monoisotopic (exact) mass is 404 g/mol. The lowest BCUT2D eigenvalue weighted by molar-refractivity contribution is -0.123. The Hall–Kier alpha value is -2.68. The zero-order chi connectivity index (χ0) is 19.9. The van der Waals surface area contributed by atoms with Gasteiger partial charge in [0, 0.05) is 19.6 Å². The van der Waals surface area contributed by atoms with Gasteiger partial charge in [-0.05, 0) is 61.5 Å². The van der Waals surface area contributed by atoms with Crippen molar-refractivity contribution in [2.45, 2.75) is 19.8 Å². The van der Waals surface area contributed by atoms with Crippen LogP contribution in [0, 0.1) is 12.8 Å². The van der Waals surface area contributed by atoms with Crippen LogP contribution in [0.1, 0.15) is 28.2 Å². The molecule has 0 unspecified atom stereocenters. The molecule has 1 aromatic heterocycles. The van der Waals surface area contributed by atoms with Crippen molar-refractivity contribution in [3.8, 4) is 11.5 Å². The Morgan fingerprint density at radius 3 is 2.50 bits per heavy atom. The molecule has 1 aliphatic rings. The molecule has 1 saturated heterocycles. The summed E-state index contributed by atoms with van der Waals surface area (Å²) in [6.07, 6.45) is 1.72. The van der Waals surface area contributed by atoms with Crippen molar-refractivity contribution >= 4 is 23.3 Å². The van der Waals surface area contributed by atoms with Gasteiger partial charge >= 0.3 is 0 Å². The smallest absolute Gasteiger partial charge is 0.267 e. The van der Waals surface area contributed by atoms with Gasteiger partial charge in [0.1, 0.15) is 16.4 Å². The Labute approximate surface area is 168 Å². The third-order valence-corrected chi connectivity index (χ3v) is 5.58. The molecule has 3 rings (SSSR count). The second-order valence-corrected chi connectivity index (χ2v) is 7.45. The average Bonchev–Trinajstić information content (AvgIpc) is 3.16. The van der Waals surface area contributed by atoms with Gasteiger partial charge in [0.2, 0.25) is 0 Å². The molecule has 2 aromatic rings. The minimum Gasteiger partial charge on any atom is -0.497 e. The van der Waals surface area contributed by atoms with Gasteiger partial charge in [-0.2, -0.15) is 0 Å². The number of amides is 2. The van der Waals surface area contributed by atoms with E-state index in [9.17, 15) is 9.59 Å². The van der Waals surface area contributed by atoms with Crippen LogP contribution in [0.2, 0.25) is 0 Å². The van der Waals surface area contributed by atoms with Gasteiger partial charge < -0.3 is 19.7 Å². The SMILES string of the molecule is COc1ccc(OCC(=O)NCC2CCN(C(=O)c3snnc3C)CC2)cc1. The van der Waals surface area contributed by atoms with Crippen LogP contribution < -0.4 is 14.8 Å². The average molecular weight is 404 g/mol. The fraction of sp³-hybridized carbons (Fsp3) is 0.474. The first-order valence-corrected chi connectivity index (χ1v) is 9.96. The van der Waals surface area contributed by atoms with E-state index in [0.29, 0.717) is 41.9 Å². The number of piperidine rings is 1. The number of benzene rings is 1. The molecule has 1 N–H and O–H groups in total. The fourth-order valence-electron chi connectivity index (χ4n) is 3.04. The number of hydrogen-bond acceptors (Lipinski definition) is 7. The Morgan fingerprint density at radius 1 is 1.21 bits per heavy atom. The first-order valence-electron chi connectivity index (χ1n) is 9.18. The number of hydrogen-bond donors (Lipinski definition) is 1. The Morgan fingerprint density at radius 2 is 1.89 bits per heavy atom. The predicted molar refractivity (Wildman–Crippen MR) is 105 cm³/mol. The number of nitrogens with one attached hydrogen (secondary N) is 1. The number of carbonyl (C=O) groups excluding carboxylic acids is 2. The lowest BCUT2D eigenvalue weighted by Gasteiger charge is -2.31. The van der Waals surface area contributed by atoms with Gasteiger partial charge in [-0.1, -0.05) is 4.49 Å². The maximum atomic E-state index is 12.5. The standard InChI is InChI=1S/C19H24N4O4S/c1-13-18(28-22-21-13)19(25)23-9-7-14(8-10-23)11-20-17(24)12-27-16-5-3-15(26-2)4-6-16/h3-6,14H,7-12H2,1-2H3,(H,20,24). The first-order chi connectivity index (χ1) is 13.6. The summed E-state index contributed by atoms with van der Waals surface area (Å²) in [6, 6.07) is 7.09. The molecule has 2 amide bonds. The summed E-state index contributed by atoms with van der Waals surface area (Å²) in [7, 11) is 1.60. The summed E-state index contributed by atoms with van der Waals surface area (Å²) in [4.78, 5) is 26.9. The highest BCUT2D eigenvalue weighted by molar-refractivity contribution is 7.07. The number of ether oxygens (including phenoxy) is 2. The summed E-state index contributed by atoms with van der Waals surface area (Å²) < 4.78 is 14.4. The molecule has 1 aromatic carbocycles. The minimum atomic E-state index is -0.152. The van der Waals surface area contributed by atoms with Crippen molar-refractivity contribution < 1.29 is 19.1 Å². The minimum absolute atomic E-state index is 0.00266. The normalized spacial score (nSPS) is 14.6. The van der Waals surface area contributed by atoms with Gasteiger partial charge in [-0.15, -0.1) is 5.10 Å². The zero-order valence-corrected chi connectivity index (χ0v) is 16.8. The van der Waals surface area contributed by atoms with Crippen molar-refractivity contribution in [3.05, 3.63) is 34.8 Å². The van der Waals surface area contributed by atoms with E-state index in [1.165, 1.54) is 0 Å². The summed E-state index contributed by atoms with van der Waals surface area (Å²) >= 11 is 1.14. The predicted octanol–water partition coefficient (Wildman–Crippen LogP) is 1.90. The fourth-order valence-corrected chi connectivity index (χ4v) is 3.67. The third-order valence-electron chi connectivity index (χ3n) is 4.76. The number of rotatable bonds is 7. The largest absolute Gasteiger partial charge is 0.497 e. The molecular formula is C19H24N4O4S. The van der Waals surface area contributed by atoms with E-state index in [-0.39, 0.29) is 18.4 Å². The first kappa shape index (κ1) is 20.1. The highest BCUT2D eigenvalue weighted by atomic mass is 32.1. The molecule has 0 radical (unpaired) electrons. The van der Waals surface area contributed by atoms with E-state index in [0.717, 1.165) is 30.1 Å². The second-order valence-electron chi connectivity index (χ2n) is 6.69. The van der Waals surface area contributed by atoms with Gasteiger partial charge in [0.15, 0.2) is 6.61 Å². The molecule has 0 bridgehead atoms. The molecule has 0 atom stereocenters. The van der Waals surface area contributed by atoms with Gasteiger partial charge in [0.05, 0.1) is 12.8 Å². The van der Waals surface area contributed by atoms with Gasteiger partial charge in [0.25, 0.3) is 11.8 Å². The van der Waals surface area contributed by atoms with Crippen molar-refractivity contribution in [2.75, 3.05) is 33.4 Å². The van der Waals surface area contributed by atoms with Crippen molar-refractivity contribution in [1.82, 2.24) is 19.8 Å². The number of likely N-dealkylation sites (tertiary alicyclic amines) is 1. The molecule has 0 aliphatic carbocycles. The molecule has 1 aliphatic heterocycles. The summed E-state index contributed by atoms with van der Waals surface area (Å²) in [6.45, 7) is 3.72. The van der Waals surface area contributed by atoms with Crippen LogP contribution in [-0.2, 0) is 4.79 Å². The Bertz CT molecular complexity index is 801. The summed E-state index contributed by atoms with van der Waals surface area (Å²) in [5.74, 6) is 1.57. The molecule has 8 nitrogen and oxygen atoms in total. The number of carbonyl (C=O) groups is 2. The summed E-state index contributed by atoms with van der Waals surface area (Å²) in [5.41, 5.74) is 0.682. The third kappa shape index (κ3) is 5.19. The lowest BCUT2D eigenvalue weighted by Crippen LogP contribution is -2.42. The number of methoxy groups -OCH3 is 1. The molecule has 28 heavy (non-hydrogen) atoms. The molecule has 2 heterocycles. The molecule has 1 fully saturated rings. The van der Waals surface area contributed by atoms with E-state index in [1.807, 2.05) is 4.90 Å². The molecule has 150 valence electrons. The highest BCUT2D eigenvalue weighted by Gasteiger charge is 2.26. The summed E-state index contributed by atoms with van der Waals surface area (Å²) in [5, 5.41) is 6.82. The van der Waals surface area contributed by atoms with E-state index < -0.39 is 0 Å². The maximum absolute atomic E-state index is 12.5. The van der Waals surface area contributed by atoms with E-state index in [2.05, 4.69) is 14.9 Å². The second kappa shape index (κ2) is 9.50. The Kier molecular flexibility index (Phi) is 6.80. The maximum Gasteiger partial charge on any atom is 0.267 e. The van der Waals surface area contributed by atoms with Crippen LogP contribution in [0.15, 0.2) is 24.3 Å². The topological polar surface area (TPSA) is 93.7 Å². The van der Waals surface area contributed by atoms with Crippen LogP contribution in [0.3, 0.4) is 0 Å². The molecule has 0 spiro atoms. The van der Waals surface area contributed by atoms with Crippen LogP contribution in [0.25, 0.3) is 0 Å². The quantitative estimate of drug-likeness (QED) is 0.758. The Balaban J connectivity index is 1.36. The molecular weight excluding hydrogens is 380 g/mol. The zero-order valence-electron chi connectivity index (χ0n) is 16.0. The van der Waals surface area contributed by atoms with Crippen LogP contribution in [-0.4, -0.2) is 59.7 Å². The van der Waals surface area contributed by atoms with Crippen molar-refractivity contribution in [2.24, 2.45) is 5.92 Å². The van der Waals surface area contributed by atoms with Gasteiger partial charge in [-0.3, -0.25) is 9.59 Å². The number of aromatic nitrogens is 2. The molecule has 0 saturated carbocycles. The van der Waals surface area contributed by atoms with Crippen molar-refractivity contribution in [3.63, 3.8) is 0 Å². The number of nitrogens with zero attached hydrogens (tertiary/aromatic N) is 3. The highest BCUT2D eigenvalue weighted by Crippen LogP contribution is 2.21. The van der Waals surface area contributed by atoms with E-state index >= 15 is 0 Å². The molecule has 9 heteroatoms.